The molecule has 2 heterocycles. The van der Waals surface area contributed by atoms with Crippen LogP contribution >= 0.6 is 0 Å². The largest absolute Gasteiger partial charge is 0.381 e. The lowest BCUT2D eigenvalue weighted by Gasteiger charge is -2.33. The van der Waals surface area contributed by atoms with E-state index in [2.05, 4.69) is 5.32 Å². The number of anilines is 1. The molecule has 1 fully saturated rings. The summed E-state index contributed by atoms with van der Waals surface area (Å²) in [7, 11) is 0. The van der Waals surface area contributed by atoms with E-state index >= 15 is 0 Å². The Bertz CT molecular complexity index is 454. The average molecular weight is 233 g/mol. The molecule has 2 aliphatic heterocycles. The summed E-state index contributed by atoms with van der Waals surface area (Å²) in [6.07, 6.45) is 1.71. The zero-order chi connectivity index (χ0) is 11.9. The Labute approximate surface area is 99.6 Å². The summed E-state index contributed by atoms with van der Waals surface area (Å²) in [4.78, 5) is 12.0. The van der Waals surface area contributed by atoms with Gasteiger partial charge in [-0.05, 0) is 18.9 Å². The van der Waals surface area contributed by atoms with Crippen LogP contribution < -0.4 is 5.32 Å². The van der Waals surface area contributed by atoms with Crippen molar-refractivity contribution in [3.8, 4) is 0 Å². The molecule has 2 unspecified atom stereocenters. The molecular weight excluding hydrogens is 218 g/mol. The standard InChI is InChI=1S/C13H15NO3/c15-12-13(16,9-4-3-7-17-8-9)10-5-1-2-6-11(10)14-12/h1-2,5-6,9,16H,3-4,7-8H2,(H,14,15). The predicted molar refractivity (Wildman–Crippen MR) is 62.5 cm³/mol. The third-order valence-electron chi connectivity index (χ3n) is 3.68. The monoisotopic (exact) mass is 233 g/mol. The number of nitrogens with one attached hydrogen (secondary N) is 1. The second-order valence-corrected chi connectivity index (χ2v) is 4.68. The molecule has 0 radical (unpaired) electrons. The van der Waals surface area contributed by atoms with Gasteiger partial charge in [0.25, 0.3) is 5.91 Å². The molecule has 1 saturated heterocycles. The van der Waals surface area contributed by atoms with Gasteiger partial charge >= 0.3 is 0 Å². The molecule has 2 N–H and O–H groups in total. The Morgan fingerprint density at radius 2 is 2.24 bits per heavy atom. The van der Waals surface area contributed by atoms with Crippen molar-refractivity contribution in [2.24, 2.45) is 5.92 Å². The van der Waals surface area contributed by atoms with Gasteiger partial charge in [0.2, 0.25) is 0 Å². The Morgan fingerprint density at radius 3 is 3.00 bits per heavy atom. The minimum atomic E-state index is -1.42. The maximum absolute atomic E-state index is 12.0. The molecule has 0 bridgehead atoms. The third kappa shape index (κ3) is 1.48. The Hall–Kier alpha value is -1.39. The van der Waals surface area contributed by atoms with Crippen LogP contribution in [0.5, 0.6) is 0 Å². The lowest BCUT2D eigenvalue weighted by atomic mass is 9.79. The second kappa shape index (κ2) is 3.82. The first kappa shape index (κ1) is 10.7. The van der Waals surface area contributed by atoms with E-state index in [1.807, 2.05) is 24.3 Å². The SMILES string of the molecule is O=C1Nc2ccccc2C1(O)C1CCCOC1. The molecule has 0 spiro atoms. The van der Waals surface area contributed by atoms with Crippen molar-refractivity contribution in [3.05, 3.63) is 29.8 Å². The smallest absolute Gasteiger partial charge is 0.261 e. The van der Waals surface area contributed by atoms with Crippen LogP contribution in [0.25, 0.3) is 0 Å². The van der Waals surface area contributed by atoms with Gasteiger partial charge in [0.1, 0.15) is 0 Å². The average Bonchev–Trinajstić information content (AvgIpc) is 2.64. The van der Waals surface area contributed by atoms with Crippen LogP contribution in [0.4, 0.5) is 5.69 Å². The zero-order valence-corrected chi connectivity index (χ0v) is 9.48. The minimum Gasteiger partial charge on any atom is -0.381 e. The summed E-state index contributed by atoms with van der Waals surface area (Å²) >= 11 is 0. The summed E-state index contributed by atoms with van der Waals surface area (Å²) in [6, 6.07) is 7.31. The lowest BCUT2D eigenvalue weighted by Crippen LogP contribution is -2.45. The van der Waals surface area contributed by atoms with Crippen molar-refractivity contribution in [1.29, 1.82) is 0 Å². The molecule has 4 nitrogen and oxygen atoms in total. The Morgan fingerprint density at radius 1 is 1.41 bits per heavy atom. The molecule has 2 aliphatic rings. The molecule has 1 aromatic carbocycles. The summed E-state index contributed by atoms with van der Waals surface area (Å²) in [5, 5.41) is 13.5. The van der Waals surface area contributed by atoms with Crippen molar-refractivity contribution >= 4 is 11.6 Å². The van der Waals surface area contributed by atoms with Crippen LogP contribution in [0, 0.1) is 5.92 Å². The number of fused-ring (bicyclic) bond motifs is 1. The fourth-order valence-electron chi connectivity index (χ4n) is 2.74. The summed E-state index contributed by atoms with van der Waals surface area (Å²) < 4.78 is 5.38. The number of hydrogen-bond donors (Lipinski definition) is 2. The molecule has 1 aromatic rings. The van der Waals surface area contributed by atoms with E-state index in [0.29, 0.717) is 17.9 Å². The second-order valence-electron chi connectivity index (χ2n) is 4.68. The van der Waals surface area contributed by atoms with Gasteiger partial charge in [0.05, 0.1) is 6.61 Å². The third-order valence-corrected chi connectivity index (χ3v) is 3.68. The number of amides is 1. The van der Waals surface area contributed by atoms with E-state index in [-0.39, 0.29) is 11.8 Å². The lowest BCUT2D eigenvalue weighted by molar-refractivity contribution is -0.146. The number of hydrogen-bond acceptors (Lipinski definition) is 3. The molecule has 3 rings (SSSR count). The first-order valence-corrected chi connectivity index (χ1v) is 5.94. The molecule has 0 aliphatic carbocycles. The van der Waals surface area contributed by atoms with Crippen molar-refractivity contribution < 1.29 is 14.6 Å². The number of ether oxygens (including phenoxy) is 1. The van der Waals surface area contributed by atoms with Gasteiger partial charge in [0, 0.05) is 23.8 Å². The van der Waals surface area contributed by atoms with Crippen molar-refractivity contribution in [2.75, 3.05) is 18.5 Å². The highest BCUT2D eigenvalue weighted by Gasteiger charge is 2.51. The summed E-state index contributed by atoms with van der Waals surface area (Å²) in [5.74, 6) is -0.478. The van der Waals surface area contributed by atoms with Gasteiger partial charge in [-0.3, -0.25) is 4.79 Å². The molecular formula is C13H15NO3. The molecule has 4 heteroatoms. The van der Waals surface area contributed by atoms with Crippen LogP contribution in [-0.2, 0) is 15.1 Å². The molecule has 17 heavy (non-hydrogen) atoms. The van der Waals surface area contributed by atoms with E-state index in [0.717, 1.165) is 19.4 Å². The van der Waals surface area contributed by atoms with Gasteiger partial charge in [-0.25, -0.2) is 0 Å². The number of para-hydroxylation sites is 1. The van der Waals surface area contributed by atoms with Crippen LogP contribution in [-0.4, -0.2) is 24.2 Å². The first-order chi connectivity index (χ1) is 8.23. The number of carbonyl (C=O) groups is 1. The molecule has 1 amide bonds. The van der Waals surface area contributed by atoms with Gasteiger partial charge < -0.3 is 15.2 Å². The normalized spacial score (nSPS) is 32.1. The quantitative estimate of drug-likeness (QED) is 0.767. The van der Waals surface area contributed by atoms with E-state index in [1.165, 1.54) is 0 Å². The Kier molecular flexibility index (Phi) is 2.42. The number of benzene rings is 1. The van der Waals surface area contributed by atoms with Crippen molar-refractivity contribution in [2.45, 2.75) is 18.4 Å². The minimum absolute atomic E-state index is 0.153. The number of rotatable bonds is 1. The predicted octanol–water partition coefficient (Wildman–Crippen LogP) is 1.25. The van der Waals surface area contributed by atoms with E-state index in [4.69, 9.17) is 4.74 Å². The summed E-state index contributed by atoms with van der Waals surface area (Å²) in [6.45, 7) is 1.16. The highest BCUT2D eigenvalue weighted by atomic mass is 16.5. The van der Waals surface area contributed by atoms with E-state index < -0.39 is 5.60 Å². The van der Waals surface area contributed by atoms with Gasteiger partial charge in [-0.2, -0.15) is 0 Å². The fourth-order valence-corrected chi connectivity index (χ4v) is 2.74. The maximum Gasteiger partial charge on any atom is 0.261 e. The molecule has 0 aromatic heterocycles. The van der Waals surface area contributed by atoms with E-state index in [9.17, 15) is 9.90 Å². The zero-order valence-electron chi connectivity index (χ0n) is 9.48. The number of aliphatic hydroxyl groups is 1. The van der Waals surface area contributed by atoms with Crippen LogP contribution in [0.15, 0.2) is 24.3 Å². The fraction of sp³-hybridized carbons (Fsp3) is 0.462. The number of carbonyl (C=O) groups excluding carboxylic acids is 1. The molecule has 2 atom stereocenters. The van der Waals surface area contributed by atoms with Gasteiger partial charge in [0.15, 0.2) is 5.60 Å². The van der Waals surface area contributed by atoms with Crippen LogP contribution in [0.3, 0.4) is 0 Å². The first-order valence-electron chi connectivity index (χ1n) is 5.94. The molecule has 0 saturated carbocycles. The van der Waals surface area contributed by atoms with Crippen LogP contribution in [0.1, 0.15) is 18.4 Å². The van der Waals surface area contributed by atoms with Crippen molar-refractivity contribution in [3.63, 3.8) is 0 Å². The van der Waals surface area contributed by atoms with Crippen molar-refractivity contribution in [1.82, 2.24) is 0 Å². The maximum atomic E-state index is 12.0. The Balaban J connectivity index is 2.03. The topological polar surface area (TPSA) is 58.6 Å². The highest BCUT2D eigenvalue weighted by Crippen LogP contribution is 2.43. The van der Waals surface area contributed by atoms with Crippen LogP contribution in [0.2, 0.25) is 0 Å². The summed E-state index contributed by atoms with van der Waals surface area (Å²) in [5.41, 5.74) is -0.0251. The van der Waals surface area contributed by atoms with Gasteiger partial charge in [-0.15, -0.1) is 0 Å². The van der Waals surface area contributed by atoms with Gasteiger partial charge in [-0.1, -0.05) is 18.2 Å². The van der Waals surface area contributed by atoms with E-state index in [1.54, 1.807) is 0 Å². The molecule has 90 valence electrons. The highest BCUT2D eigenvalue weighted by molar-refractivity contribution is 6.05.